The predicted octanol–water partition coefficient (Wildman–Crippen LogP) is 1.32. The Labute approximate surface area is 91.3 Å². The molecule has 15 heavy (non-hydrogen) atoms. The molecular weight excluding hydrogens is 190 g/mol. The number of nitrogens with zero attached hydrogens (tertiary/aromatic N) is 2. The lowest BCUT2D eigenvalue weighted by molar-refractivity contribution is 0.237. The van der Waals surface area contributed by atoms with E-state index in [1.165, 1.54) is 0 Å². The molecule has 2 N–H and O–H groups in total. The van der Waals surface area contributed by atoms with E-state index in [0.717, 1.165) is 18.5 Å². The standard InChI is InChI=1S/C11H21N3O/c1-4-5-14-7-10(6-12-14)11(8-15)13-9(2)3/h6-7,9,11,13,15H,4-5,8H2,1-3H3. The molecule has 1 heterocycles. The second-order valence-corrected chi connectivity index (χ2v) is 4.09. The second-order valence-electron chi connectivity index (χ2n) is 4.09. The lowest BCUT2D eigenvalue weighted by Gasteiger charge is -2.17. The maximum absolute atomic E-state index is 9.27. The van der Waals surface area contributed by atoms with Crippen molar-refractivity contribution in [1.82, 2.24) is 15.1 Å². The third-order valence-electron chi connectivity index (χ3n) is 2.23. The van der Waals surface area contributed by atoms with Crippen LogP contribution in [0.3, 0.4) is 0 Å². The van der Waals surface area contributed by atoms with E-state index in [-0.39, 0.29) is 12.6 Å². The van der Waals surface area contributed by atoms with Gasteiger partial charge in [0, 0.05) is 24.3 Å². The highest BCUT2D eigenvalue weighted by atomic mass is 16.3. The first-order valence-corrected chi connectivity index (χ1v) is 5.56. The van der Waals surface area contributed by atoms with E-state index in [9.17, 15) is 5.11 Å². The fourth-order valence-corrected chi connectivity index (χ4v) is 1.57. The summed E-state index contributed by atoms with van der Waals surface area (Å²) in [5, 5.41) is 16.8. The highest BCUT2D eigenvalue weighted by molar-refractivity contribution is 5.10. The summed E-state index contributed by atoms with van der Waals surface area (Å²) in [7, 11) is 0. The molecule has 1 rings (SSSR count). The summed E-state index contributed by atoms with van der Waals surface area (Å²) in [6.45, 7) is 7.30. The first-order chi connectivity index (χ1) is 7.17. The van der Waals surface area contributed by atoms with Gasteiger partial charge in [0.15, 0.2) is 0 Å². The van der Waals surface area contributed by atoms with Crippen molar-refractivity contribution in [3.63, 3.8) is 0 Å². The molecule has 4 heteroatoms. The minimum absolute atomic E-state index is 0.00407. The van der Waals surface area contributed by atoms with Crippen LogP contribution in [0, 0.1) is 0 Å². The number of aromatic nitrogens is 2. The van der Waals surface area contributed by atoms with Crippen molar-refractivity contribution in [3.8, 4) is 0 Å². The Balaban J connectivity index is 2.65. The van der Waals surface area contributed by atoms with Crippen LogP contribution in [-0.2, 0) is 6.54 Å². The van der Waals surface area contributed by atoms with Gasteiger partial charge >= 0.3 is 0 Å². The van der Waals surface area contributed by atoms with Crippen LogP contribution in [0.4, 0.5) is 0 Å². The van der Waals surface area contributed by atoms with Gasteiger partial charge in [-0.05, 0) is 6.42 Å². The molecule has 0 spiro atoms. The fraction of sp³-hybridized carbons (Fsp3) is 0.727. The van der Waals surface area contributed by atoms with Crippen LogP contribution in [0.15, 0.2) is 12.4 Å². The summed E-state index contributed by atoms with van der Waals surface area (Å²) >= 11 is 0. The summed E-state index contributed by atoms with van der Waals surface area (Å²) in [6, 6.07) is 0.354. The maximum Gasteiger partial charge on any atom is 0.0627 e. The Hall–Kier alpha value is -0.870. The predicted molar refractivity (Wildman–Crippen MR) is 60.6 cm³/mol. The molecular formula is C11H21N3O. The third-order valence-corrected chi connectivity index (χ3v) is 2.23. The molecule has 0 aliphatic heterocycles. The fourth-order valence-electron chi connectivity index (χ4n) is 1.57. The monoisotopic (exact) mass is 211 g/mol. The SMILES string of the molecule is CCCn1cc(C(CO)NC(C)C)cn1. The van der Waals surface area contributed by atoms with Gasteiger partial charge in [0.1, 0.15) is 0 Å². The zero-order valence-electron chi connectivity index (χ0n) is 9.77. The minimum atomic E-state index is -0.00407. The number of hydrogen-bond donors (Lipinski definition) is 2. The lowest BCUT2D eigenvalue weighted by atomic mass is 10.1. The van der Waals surface area contributed by atoms with Crippen molar-refractivity contribution in [2.45, 2.75) is 45.8 Å². The molecule has 1 atom stereocenters. The topological polar surface area (TPSA) is 50.1 Å². The Morgan fingerprint density at radius 1 is 1.53 bits per heavy atom. The molecule has 1 unspecified atom stereocenters. The van der Waals surface area contributed by atoms with Gasteiger partial charge in [0.05, 0.1) is 18.8 Å². The van der Waals surface area contributed by atoms with Gasteiger partial charge in [-0.25, -0.2) is 0 Å². The number of nitrogens with one attached hydrogen (secondary N) is 1. The van der Waals surface area contributed by atoms with E-state index in [4.69, 9.17) is 0 Å². The van der Waals surface area contributed by atoms with Gasteiger partial charge in [-0.2, -0.15) is 5.10 Å². The van der Waals surface area contributed by atoms with Gasteiger partial charge in [-0.15, -0.1) is 0 Å². The van der Waals surface area contributed by atoms with Gasteiger partial charge < -0.3 is 10.4 Å². The molecule has 0 aliphatic carbocycles. The van der Waals surface area contributed by atoms with Crippen LogP contribution in [0.1, 0.15) is 38.8 Å². The maximum atomic E-state index is 9.27. The summed E-state index contributed by atoms with van der Waals surface area (Å²) in [5.74, 6) is 0. The highest BCUT2D eigenvalue weighted by Crippen LogP contribution is 2.12. The van der Waals surface area contributed by atoms with Crippen molar-refractivity contribution in [2.75, 3.05) is 6.61 Å². The van der Waals surface area contributed by atoms with Crippen LogP contribution in [-0.4, -0.2) is 27.5 Å². The highest BCUT2D eigenvalue weighted by Gasteiger charge is 2.12. The van der Waals surface area contributed by atoms with Crippen molar-refractivity contribution >= 4 is 0 Å². The number of aliphatic hydroxyl groups is 1. The van der Waals surface area contributed by atoms with E-state index in [1.54, 1.807) is 0 Å². The van der Waals surface area contributed by atoms with Crippen LogP contribution < -0.4 is 5.32 Å². The zero-order valence-corrected chi connectivity index (χ0v) is 9.77. The van der Waals surface area contributed by atoms with Crippen LogP contribution in [0.25, 0.3) is 0 Å². The summed E-state index contributed by atoms with van der Waals surface area (Å²) < 4.78 is 1.92. The number of rotatable bonds is 6. The molecule has 0 amide bonds. The average Bonchev–Trinajstić information content (AvgIpc) is 2.63. The van der Waals surface area contributed by atoms with Crippen molar-refractivity contribution in [3.05, 3.63) is 18.0 Å². The van der Waals surface area contributed by atoms with Crippen LogP contribution >= 0.6 is 0 Å². The Morgan fingerprint density at radius 2 is 2.27 bits per heavy atom. The molecule has 0 aromatic carbocycles. The summed E-state index contributed by atoms with van der Waals surface area (Å²) in [4.78, 5) is 0. The van der Waals surface area contributed by atoms with Gasteiger partial charge in [0.2, 0.25) is 0 Å². The van der Waals surface area contributed by atoms with Crippen molar-refractivity contribution < 1.29 is 5.11 Å². The van der Waals surface area contributed by atoms with E-state index < -0.39 is 0 Å². The normalized spacial score (nSPS) is 13.4. The van der Waals surface area contributed by atoms with Crippen LogP contribution in [0.2, 0.25) is 0 Å². The molecule has 86 valence electrons. The minimum Gasteiger partial charge on any atom is -0.394 e. The van der Waals surface area contributed by atoms with E-state index in [2.05, 4.69) is 31.2 Å². The molecule has 0 radical (unpaired) electrons. The lowest BCUT2D eigenvalue weighted by Crippen LogP contribution is -2.30. The molecule has 0 bridgehead atoms. The largest absolute Gasteiger partial charge is 0.394 e. The first-order valence-electron chi connectivity index (χ1n) is 5.56. The first kappa shape index (κ1) is 12.2. The summed E-state index contributed by atoms with van der Waals surface area (Å²) in [6.07, 6.45) is 4.90. The zero-order chi connectivity index (χ0) is 11.3. The van der Waals surface area contributed by atoms with E-state index in [0.29, 0.717) is 6.04 Å². The Morgan fingerprint density at radius 3 is 2.80 bits per heavy atom. The van der Waals surface area contributed by atoms with Gasteiger partial charge in [-0.1, -0.05) is 20.8 Å². The number of aryl methyl sites for hydroxylation is 1. The smallest absolute Gasteiger partial charge is 0.0627 e. The molecule has 0 saturated carbocycles. The quantitative estimate of drug-likeness (QED) is 0.746. The molecule has 0 fully saturated rings. The molecule has 0 aliphatic rings. The third kappa shape index (κ3) is 3.64. The Kier molecular flexibility index (Phi) is 4.78. The number of aliphatic hydroxyl groups excluding tert-OH is 1. The van der Waals surface area contributed by atoms with Gasteiger partial charge in [-0.3, -0.25) is 4.68 Å². The average molecular weight is 211 g/mol. The van der Waals surface area contributed by atoms with Crippen molar-refractivity contribution in [1.29, 1.82) is 0 Å². The van der Waals surface area contributed by atoms with Gasteiger partial charge in [0.25, 0.3) is 0 Å². The molecule has 0 saturated heterocycles. The molecule has 4 nitrogen and oxygen atoms in total. The van der Waals surface area contributed by atoms with E-state index in [1.807, 2.05) is 17.1 Å². The van der Waals surface area contributed by atoms with Crippen LogP contribution in [0.5, 0.6) is 0 Å². The number of hydrogen-bond acceptors (Lipinski definition) is 3. The second kappa shape index (κ2) is 5.88. The molecule has 1 aromatic rings. The van der Waals surface area contributed by atoms with Crippen molar-refractivity contribution in [2.24, 2.45) is 0 Å². The summed E-state index contributed by atoms with van der Waals surface area (Å²) in [5.41, 5.74) is 1.06. The molecule has 1 aromatic heterocycles. The Bertz CT molecular complexity index is 283. The van der Waals surface area contributed by atoms with E-state index >= 15 is 0 Å².